The molecule has 1 aromatic rings. The van der Waals surface area contributed by atoms with Gasteiger partial charge >= 0.3 is 6.09 Å². The van der Waals surface area contributed by atoms with Gasteiger partial charge in [0, 0.05) is 4.88 Å². The highest BCUT2D eigenvalue weighted by Gasteiger charge is 2.31. The average molecular weight is 334 g/mol. The highest BCUT2D eigenvalue weighted by molar-refractivity contribution is 9.11. The molecule has 100 valence electrons. The van der Waals surface area contributed by atoms with Gasteiger partial charge in [0.05, 0.1) is 3.79 Å². The zero-order chi connectivity index (χ0) is 14.0. The van der Waals surface area contributed by atoms with Gasteiger partial charge in [-0.2, -0.15) is 0 Å². The molecule has 0 bridgehead atoms. The first kappa shape index (κ1) is 15.2. The summed E-state index contributed by atoms with van der Waals surface area (Å²) in [6, 6.07) is 3.62. The maximum Gasteiger partial charge on any atom is 0.408 e. The van der Waals surface area contributed by atoms with E-state index in [0.29, 0.717) is 6.29 Å². The first-order valence-corrected chi connectivity index (χ1v) is 7.00. The van der Waals surface area contributed by atoms with Crippen molar-refractivity contribution in [3.05, 3.63) is 20.8 Å². The quantitative estimate of drug-likeness (QED) is 0.862. The van der Waals surface area contributed by atoms with Gasteiger partial charge in [-0.1, -0.05) is 0 Å². The van der Waals surface area contributed by atoms with Gasteiger partial charge in [-0.15, -0.1) is 11.3 Å². The normalized spacial score (nSPS) is 14.7. The van der Waals surface area contributed by atoms with Crippen LogP contribution in [0.5, 0.6) is 0 Å². The second-order valence-electron chi connectivity index (χ2n) is 5.05. The molecule has 1 heterocycles. The van der Waals surface area contributed by atoms with E-state index in [1.165, 1.54) is 11.3 Å². The molecule has 0 aliphatic heterocycles. The highest BCUT2D eigenvalue weighted by Crippen LogP contribution is 2.30. The minimum atomic E-state index is -1.07. The van der Waals surface area contributed by atoms with E-state index >= 15 is 0 Å². The molecule has 18 heavy (non-hydrogen) atoms. The maximum atomic E-state index is 11.7. The number of thiophene rings is 1. The Kier molecular flexibility index (Phi) is 4.55. The molecule has 4 nitrogen and oxygen atoms in total. The lowest BCUT2D eigenvalue weighted by molar-refractivity contribution is -0.113. The molecule has 0 aliphatic carbocycles. The molecule has 0 fully saturated rings. The Morgan fingerprint density at radius 1 is 1.39 bits per heavy atom. The van der Waals surface area contributed by atoms with Crippen LogP contribution in [0.4, 0.5) is 4.79 Å². The summed E-state index contributed by atoms with van der Waals surface area (Å²) in [6.07, 6.45) is 0.0940. The molecule has 0 saturated heterocycles. The number of carbonyl (C=O) groups is 2. The van der Waals surface area contributed by atoms with Crippen LogP contribution in [-0.4, -0.2) is 18.0 Å². The number of halogens is 1. The van der Waals surface area contributed by atoms with E-state index in [0.717, 1.165) is 8.66 Å². The van der Waals surface area contributed by atoms with Crippen molar-refractivity contribution in [1.82, 2.24) is 5.32 Å². The lowest BCUT2D eigenvalue weighted by Gasteiger charge is -2.26. The summed E-state index contributed by atoms with van der Waals surface area (Å²) < 4.78 is 6.05. The number of nitrogens with one attached hydrogen (secondary N) is 1. The summed E-state index contributed by atoms with van der Waals surface area (Å²) in [5.74, 6) is 0. The van der Waals surface area contributed by atoms with E-state index < -0.39 is 17.2 Å². The van der Waals surface area contributed by atoms with Crippen molar-refractivity contribution in [2.24, 2.45) is 0 Å². The molecule has 1 N–H and O–H groups in total. The predicted molar refractivity (Wildman–Crippen MR) is 74.8 cm³/mol. The molecule has 0 radical (unpaired) electrons. The van der Waals surface area contributed by atoms with E-state index in [1.807, 2.05) is 6.07 Å². The molecule has 0 aromatic carbocycles. The number of aldehydes is 1. The van der Waals surface area contributed by atoms with Crippen LogP contribution in [0, 0.1) is 0 Å². The summed E-state index contributed by atoms with van der Waals surface area (Å²) in [5.41, 5.74) is -1.66. The largest absolute Gasteiger partial charge is 0.444 e. The topological polar surface area (TPSA) is 55.4 Å². The van der Waals surface area contributed by atoms with Crippen LogP contribution in [-0.2, 0) is 15.1 Å². The second-order valence-corrected chi connectivity index (χ2v) is 7.51. The zero-order valence-corrected chi connectivity index (χ0v) is 13.1. The predicted octanol–water partition coefficient (Wildman–Crippen LogP) is 3.45. The molecule has 0 spiro atoms. The Balaban J connectivity index is 2.84. The van der Waals surface area contributed by atoms with E-state index in [-0.39, 0.29) is 0 Å². The minimum Gasteiger partial charge on any atom is -0.444 e. The van der Waals surface area contributed by atoms with Gasteiger partial charge < -0.3 is 14.8 Å². The number of rotatable bonds is 3. The number of ether oxygens (including phenoxy) is 1. The van der Waals surface area contributed by atoms with Crippen molar-refractivity contribution in [3.63, 3.8) is 0 Å². The third-order valence-electron chi connectivity index (χ3n) is 2.08. The number of hydrogen-bond acceptors (Lipinski definition) is 4. The third-order valence-corrected chi connectivity index (χ3v) is 3.94. The van der Waals surface area contributed by atoms with Crippen LogP contribution in [0.3, 0.4) is 0 Å². The van der Waals surface area contributed by atoms with Gasteiger partial charge in [-0.05, 0) is 55.8 Å². The van der Waals surface area contributed by atoms with Crippen LogP contribution in [0.2, 0.25) is 0 Å². The smallest absolute Gasteiger partial charge is 0.408 e. The third kappa shape index (κ3) is 4.10. The highest BCUT2D eigenvalue weighted by atomic mass is 79.9. The van der Waals surface area contributed by atoms with Crippen molar-refractivity contribution in [2.45, 2.75) is 38.8 Å². The first-order chi connectivity index (χ1) is 8.16. The van der Waals surface area contributed by atoms with Crippen molar-refractivity contribution in [1.29, 1.82) is 0 Å². The molecular weight excluding hydrogens is 318 g/mol. The van der Waals surface area contributed by atoms with Crippen LogP contribution < -0.4 is 5.32 Å². The fraction of sp³-hybridized carbons (Fsp3) is 0.500. The summed E-state index contributed by atoms with van der Waals surface area (Å²) in [6.45, 7) is 6.95. The molecule has 1 atom stereocenters. The molecule has 1 amide bonds. The van der Waals surface area contributed by atoms with E-state index in [9.17, 15) is 9.59 Å². The van der Waals surface area contributed by atoms with E-state index in [1.54, 1.807) is 33.8 Å². The Bertz CT molecular complexity index is 452. The maximum absolute atomic E-state index is 11.7. The Morgan fingerprint density at radius 2 is 2.00 bits per heavy atom. The lowest BCUT2D eigenvalue weighted by Crippen LogP contribution is -2.46. The minimum absolute atomic E-state index is 0.593. The second kappa shape index (κ2) is 5.40. The van der Waals surface area contributed by atoms with Gasteiger partial charge in [0.2, 0.25) is 0 Å². The first-order valence-electron chi connectivity index (χ1n) is 5.39. The summed E-state index contributed by atoms with van der Waals surface area (Å²) >= 11 is 4.72. The van der Waals surface area contributed by atoms with Gasteiger partial charge in [-0.25, -0.2) is 4.79 Å². The zero-order valence-electron chi connectivity index (χ0n) is 10.7. The Morgan fingerprint density at radius 3 is 2.39 bits per heavy atom. The van der Waals surface area contributed by atoms with Crippen LogP contribution >= 0.6 is 27.3 Å². The number of amides is 1. The summed E-state index contributed by atoms with van der Waals surface area (Å²) in [4.78, 5) is 23.7. The Hall–Kier alpha value is -0.880. The monoisotopic (exact) mass is 333 g/mol. The van der Waals surface area contributed by atoms with Gasteiger partial charge in [0.25, 0.3) is 0 Å². The van der Waals surface area contributed by atoms with Crippen LogP contribution in [0.15, 0.2) is 15.9 Å². The average Bonchev–Trinajstić information content (AvgIpc) is 2.62. The van der Waals surface area contributed by atoms with Crippen molar-refractivity contribution in [2.75, 3.05) is 0 Å². The molecule has 1 aromatic heterocycles. The van der Waals surface area contributed by atoms with E-state index in [2.05, 4.69) is 21.2 Å². The van der Waals surface area contributed by atoms with Crippen LogP contribution in [0.25, 0.3) is 0 Å². The number of hydrogen-bond donors (Lipinski definition) is 1. The summed E-state index contributed by atoms with van der Waals surface area (Å²) in [5, 5.41) is 2.59. The molecule has 1 rings (SSSR count). The van der Waals surface area contributed by atoms with Crippen molar-refractivity contribution in [3.8, 4) is 0 Å². The molecular formula is C12H16BrNO3S. The Labute approximate surface area is 119 Å². The van der Waals surface area contributed by atoms with Gasteiger partial charge in [0.15, 0.2) is 6.29 Å². The lowest BCUT2D eigenvalue weighted by atomic mass is 10.0. The number of carbonyl (C=O) groups excluding carboxylic acids is 2. The fourth-order valence-electron chi connectivity index (χ4n) is 1.26. The van der Waals surface area contributed by atoms with Crippen LogP contribution in [0.1, 0.15) is 32.6 Å². The standard InChI is InChI=1S/C12H16BrNO3S/c1-11(2,3)17-10(16)14-12(4,7-15)8-5-6-9(13)18-8/h5-7H,1-4H3,(H,14,16). The van der Waals surface area contributed by atoms with Crippen molar-refractivity contribution < 1.29 is 14.3 Å². The van der Waals surface area contributed by atoms with E-state index in [4.69, 9.17) is 4.74 Å². The summed E-state index contributed by atoms with van der Waals surface area (Å²) in [7, 11) is 0. The van der Waals surface area contributed by atoms with Gasteiger partial charge in [-0.3, -0.25) is 0 Å². The molecule has 0 saturated carbocycles. The molecule has 1 unspecified atom stereocenters. The molecule has 6 heteroatoms. The SMILES string of the molecule is CC(C)(C)OC(=O)NC(C)(C=O)c1ccc(Br)s1. The molecule has 0 aliphatic rings. The number of alkyl carbamates (subject to hydrolysis) is 1. The van der Waals surface area contributed by atoms with Crippen molar-refractivity contribution >= 4 is 39.6 Å². The van der Waals surface area contributed by atoms with Gasteiger partial charge in [0.1, 0.15) is 11.1 Å². The fourth-order valence-corrected chi connectivity index (χ4v) is 2.71.